The number of carbonyl (C=O) groups excluding carboxylic acids is 2. The van der Waals surface area contributed by atoms with Crippen LogP contribution in [0.1, 0.15) is 6.23 Å². The maximum absolute atomic E-state index is 11.7. The number of hydrogen-bond donors (Lipinski definition) is 4. The lowest BCUT2D eigenvalue weighted by atomic mass is 10.1. The number of hydrogen-bond acceptors (Lipinski definition) is 11. The first-order valence-corrected chi connectivity index (χ1v) is 11.9. The van der Waals surface area contributed by atoms with Gasteiger partial charge in [0.1, 0.15) is 35.2 Å². The van der Waals surface area contributed by atoms with Gasteiger partial charge in [-0.1, -0.05) is 27.7 Å². The first-order chi connectivity index (χ1) is 14.1. The van der Waals surface area contributed by atoms with Gasteiger partial charge in [0.2, 0.25) is 11.6 Å². The second-order valence-corrected chi connectivity index (χ2v) is 8.87. The van der Waals surface area contributed by atoms with Crippen LogP contribution in [0, 0.1) is 0 Å². The number of nitrogens with zero attached hydrogens (tertiary/aromatic N) is 4. The minimum Gasteiger partial charge on any atom is -0.387 e. The average Bonchev–Trinajstić information content (AvgIpc) is 3.25. The van der Waals surface area contributed by atoms with Gasteiger partial charge in [0, 0.05) is 0 Å². The number of phosphoric ester groups is 1. The SMILES string of the molecule is O=C(CBr)C(=O)CSc1ncnc2c1ncn2[C@H]1O[C@H](COP(=O)(O)O)[C@@H](O)[C@H]1O. The van der Waals surface area contributed by atoms with Crippen LogP contribution < -0.4 is 0 Å². The molecular formula is C14H16BrN4O9PS. The third-order valence-electron chi connectivity index (χ3n) is 4.12. The van der Waals surface area contributed by atoms with Gasteiger partial charge in [0.25, 0.3) is 0 Å². The minimum atomic E-state index is -4.79. The number of halogens is 1. The Labute approximate surface area is 181 Å². The van der Waals surface area contributed by atoms with Crippen molar-refractivity contribution in [2.24, 2.45) is 0 Å². The molecule has 3 rings (SSSR count). The number of carbonyl (C=O) groups is 2. The highest BCUT2D eigenvalue weighted by atomic mass is 79.9. The molecule has 13 nitrogen and oxygen atoms in total. The van der Waals surface area contributed by atoms with Crippen LogP contribution in [0.2, 0.25) is 0 Å². The summed E-state index contributed by atoms with van der Waals surface area (Å²) in [4.78, 5) is 53.0. The number of aliphatic hydroxyl groups is 2. The van der Waals surface area contributed by atoms with E-state index < -0.39 is 50.5 Å². The normalized spacial score (nSPS) is 24.4. The van der Waals surface area contributed by atoms with Crippen molar-refractivity contribution >= 4 is 58.2 Å². The lowest BCUT2D eigenvalue weighted by Crippen LogP contribution is -2.33. The molecule has 0 radical (unpaired) electrons. The number of ketones is 2. The molecule has 1 saturated heterocycles. The number of rotatable bonds is 9. The van der Waals surface area contributed by atoms with Crippen LogP contribution in [0.4, 0.5) is 0 Å². The summed E-state index contributed by atoms with van der Waals surface area (Å²) in [7, 11) is -4.79. The van der Waals surface area contributed by atoms with Crippen LogP contribution in [-0.2, 0) is 23.4 Å². The minimum absolute atomic E-state index is 0.0770. The fraction of sp³-hybridized carbons (Fsp3) is 0.500. The molecule has 4 atom stereocenters. The van der Waals surface area contributed by atoms with Crippen LogP contribution in [0.5, 0.6) is 0 Å². The van der Waals surface area contributed by atoms with Gasteiger partial charge in [-0.05, 0) is 0 Å². The fourth-order valence-corrected chi connectivity index (χ4v) is 4.16. The van der Waals surface area contributed by atoms with E-state index in [4.69, 9.17) is 14.5 Å². The lowest BCUT2D eigenvalue weighted by molar-refractivity contribution is -0.133. The second-order valence-electron chi connectivity index (χ2n) is 6.10. The molecule has 2 aromatic heterocycles. The molecule has 4 N–H and O–H groups in total. The highest BCUT2D eigenvalue weighted by Crippen LogP contribution is 2.39. The average molecular weight is 527 g/mol. The van der Waals surface area contributed by atoms with Crippen LogP contribution in [0.15, 0.2) is 17.7 Å². The standard InChI is InChI=1S/C14H16BrN4O9PS/c15-1-6(20)7(21)3-30-13-9-12(16-4-17-13)19(5-18-9)14-11(23)10(22)8(28-14)2-27-29(24,25)26/h4-5,8,10-11,14,22-23H,1-3H2,(H2,24,25,26)/t8-,10-,11-,14+/m1/s1. The van der Waals surface area contributed by atoms with E-state index in [1.165, 1.54) is 17.2 Å². The van der Waals surface area contributed by atoms with Gasteiger partial charge in [-0.2, -0.15) is 0 Å². The predicted octanol–water partition coefficient (Wildman–Crippen LogP) is -0.820. The Kier molecular flexibility index (Phi) is 7.37. The van der Waals surface area contributed by atoms with E-state index in [1.54, 1.807) is 0 Å². The van der Waals surface area contributed by atoms with E-state index in [9.17, 15) is 24.4 Å². The Hall–Kier alpha value is -1.29. The third kappa shape index (κ3) is 5.12. The number of ether oxygens (including phenoxy) is 1. The van der Waals surface area contributed by atoms with E-state index in [-0.39, 0.29) is 22.2 Å². The van der Waals surface area contributed by atoms with Gasteiger partial charge in [-0.25, -0.2) is 19.5 Å². The Morgan fingerprint density at radius 2 is 1.97 bits per heavy atom. The molecule has 0 unspecified atom stereocenters. The largest absolute Gasteiger partial charge is 0.469 e. The zero-order valence-corrected chi connectivity index (χ0v) is 18.2. The molecule has 0 amide bonds. The number of aliphatic hydroxyl groups excluding tert-OH is 2. The molecule has 0 aliphatic carbocycles. The summed E-state index contributed by atoms with van der Waals surface area (Å²) in [6.07, 6.45) is -2.84. The molecule has 1 fully saturated rings. The van der Waals surface area contributed by atoms with E-state index in [0.29, 0.717) is 5.03 Å². The van der Waals surface area contributed by atoms with Crippen molar-refractivity contribution in [3.05, 3.63) is 12.7 Å². The van der Waals surface area contributed by atoms with Crippen LogP contribution in [-0.4, -0.2) is 87.1 Å². The van der Waals surface area contributed by atoms with Gasteiger partial charge in [0.15, 0.2) is 11.9 Å². The summed E-state index contributed by atoms with van der Waals surface area (Å²) in [5.74, 6) is -1.31. The van der Waals surface area contributed by atoms with Crippen molar-refractivity contribution in [2.45, 2.75) is 29.6 Å². The summed E-state index contributed by atoms with van der Waals surface area (Å²) in [6.45, 7) is -0.647. The van der Waals surface area contributed by atoms with Gasteiger partial charge < -0.3 is 24.7 Å². The lowest BCUT2D eigenvalue weighted by Gasteiger charge is -2.16. The van der Waals surface area contributed by atoms with Crippen molar-refractivity contribution < 1.29 is 43.4 Å². The summed E-state index contributed by atoms with van der Waals surface area (Å²) in [5.41, 5.74) is 0.501. The first-order valence-electron chi connectivity index (χ1n) is 8.26. The van der Waals surface area contributed by atoms with E-state index in [2.05, 4.69) is 35.4 Å². The highest BCUT2D eigenvalue weighted by Gasteiger charge is 2.45. The summed E-state index contributed by atoms with van der Waals surface area (Å²) in [6, 6.07) is 0. The maximum atomic E-state index is 11.7. The van der Waals surface area contributed by atoms with Crippen LogP contribution in [0.3, 0.4) is 0 Å². The Morgan fingerprint density at radius 1 is 1.23 bits per heavy atom. The zero-order valence-electron chi connectivity index (χ0n) is 14.9. The van der Waals surface area contributed by atoms with Crippen molar-refractivity contribution in [3.8, 4) is 0 Å². The summed E-state index contributed by atoms with van der Waals surface area (Å²) in [5, 5.41) is 20.7. The summed E-state index contributed by atoms with van der Waals surface area (Å²) < 4.78 is 22.0. The molecular weight excluding hydrogens is 511 g/mol. The molecule has 16 heteroatoms. The number of aromatic nitrogens is 4. The monoisotopic (exact) mass is 526 g/mol. The van der Waals surface area contributed by atoms with Gasteiger partial charge in [0.05, 0.1) is 24.0 Å². The van der Waals surface area contributed by atoms with Crippen molar-refractivity contribution in [2.75, 3.05) is 17.7 Å². The molecule has 30 heavy (non-hydrogen) atoms. The van der Waals surface area contributed by atoms with E-state index in [0.717, 1.165) is 11.8 Å². The van der Waals surface area contributed by atoms with Gasteiger partial charge >= 0.3 is 7.82 Å². The number of fused-ring (bicyclic) bond motifs is 1. The fourth-order valence-electron chi connectivity index (χ4n) is 2.68. The highest BCUT2D eigenvalue weighted by molar-refractivity contribution is 9.09. The Morgan fingerprint density at radius 3 is 2.63 bits per heavy atom. The molecule has 1 aliphatic rings. The first kappa shape index (κ1) is 23.4. The van der Waals surface area contributed by atoms with Crippen LogP contribution in [0.25, 0.3) is 11.2 Å². The summed E-state index contributed by atoms with van der Waals surface area (Å²) >= 11 is 3.92. The Bertz CT molecular complexity index is 1000. The molecule has 3 heterocycles. The maximum Gasteiger partial charge on any atom is 0.469 e. The number of phosphoric acid groups is 1. The predicted molar refractivity (Wildman–Crippen MR) is 104 cm³/mol. The molecule has 2 aromatic rings. The Balaban J connectivity index is 1.79. The molecule has 0 saturated carbocycles. The number of Topliss-reactive ketones (excluding diaryl/α,β-unsaturated/α-hetero) is 2. The smallest absolute Gasteiger partial charge is 0.387 e. The van der Waals surface area contributed by atoms with E-state index >= 15 is 0 Å². The van der Waals surface area contributed by atoms with Crippen molar-refractivity contribution in [1.82, 2.24) is 19.5 Å². The molecule has 0 aromatic carbocycles. The van der Waals surface area contributed by atoms with Crippen molar-refractivity contribution in [1.29, 1.82) is 0 Å². The topological polar surface area (TPSA) is 194 Å². The molecule has 0 bridgehead atoms. The van der Waals surface area contributed by atoms with Gasteiger partial charge in [-0.3, -0.25) is 18.7 Å². The number of thioether (sulfide) groups is 1. The third-order valence-corrected chi connectivity index (χ3v) is 6.09. The van der Waals surface area contributed by atoms with Gasteiger partial charge in [-0.15, -0.1) is 0 Å². The second kappa shape index (κ2) is 9.46. The molecule has 0 spiro atoms. The van der Waals surface area contributed by atoms with Crippen LogP contribution >= 0.6 is 35.5 Å². The quantitative estimate of drug-likeness (QED) is 0.104. The van der Waals surface area contributed by atoms with Crippen molar-refractivity contribution in [3.63, 3.8) is 0 Å². The van der Waals surface area contributed by atoms with E-state index in [1.807, 2.05) is 0 Å². The number of imidazole rings is 1. The zero-order chi connectivity index (χ0) is 22.1. The molecule has 164 valence electrons. The number of alkyl halides is 1. The molecule has 1 aliphatic heterocycles.